The minimum atomic E-state index is 0.262. The molecule has 0 radical (unpaired) electrons. The van der Waals surface area contributed by atoms with E-state index in [0.29, 0.717) is 13.2 Å². The summed E-state index contributed by atoms with van der Waals surface area (Å²) in [6, 6.07) is 20.8. The number of hydrogen-bond donors (Lipinski definition) is 1. The molecule has 0 aliphatic heterocycles. The van der Waals surface area contributed by atoms with Gasteiger partial charge in [-0.15, -0.1) is 0 Å². The van der Waals surface area contributed by atoms with Crippen molar-refractivity contribution in [3.05, 3.63) is 66.7 Å². The van der Waals surface area contributed by atoms with Crippen molar-refractivity contribution in [1.82, 2.24) is 0 Å². The van der Waals surface area contributed by atoms with Gasteiger partial charge in [0.1, 0.15) is 30.5 Å². The fourth-order valence-corrected chi connectivity index (χ4v) is 2.16. The normalized spacial score (nSPS) is 10.5. The summed E-state index contributed by atoms with van der Waals surface area (Å²) >= 11 is 0. The highest BCUT2D eigenvalue weighted by Crippen LogP contribution is 2.28. The molecule has 1 N–H and O–H groups in total. The van der Waals surface area contributed by atoms with E-state index in [4.69, 9.17) is 9.47 Å². The Hall–Kier alpha value is -2.68. The van der Waals surface area contributed by atoms with Gasteiger partial charge in [0.15, 0.2) is 0 Å². The Morgan fingerprint density at radius 2 is 1.48 bits per heavy atom. The van der Waals surface area contributed by atoms with Crippen molar-refractivity contribution in [3.63, 3.8) is 0 Å². The Balaban J connectivity index is 1.59. The maximum atomic E-state index is 9.84. The molecule has 3 aromatic carbocycles. The number of aromatic hydroxyl groups is 1. The highest BCUT2D eigenvalue weighted by atomic mass is 16.5. The van der Waals surface area contributed by atoms with Crippen LogP contribution in [-0.4, -0.2) is 18.3 Å². The van der Waals surface area contributed by atoms with Crippen LogP contribution < -0.4 is 9.47 Å². The predicted molar refractivity (Wildman–Crippen MR) is 83.0 cm³/mol. The first kappa shape index (κ1) is 13.3. The lowest BCUT2D eigenvalue weighted by molar-refractivity contribution is 0.217. The summed E-state index contributed by atoms with van der Waals surface area (Å²) in [5, 5.41) is 11.6. The summed E-state index contributed by atoms with van der Waals surface area (Å²) < 4.78 is 11.2. The third kappa shape index (κ3) is 3.26. The first-order chi connectivity index (χ1) is 10.3. The first-order valence-corrected chi connectivity index (χ1v) is 6.85. The van der Waals surface area contributed by atoms with Crippen LogP contribution in [0.1, 0.15) is 0 Å². The molecular weight excluding hydrogens is 264 g/mol. The van der Waals surface area contributed by atoms with Crippen LogP contribution in [0.3, 0.4) is 0 Å². The highest BCUT2D eigenvalue weighted by molar-refractivity contribution is 5.89. The van der Waals surface area contributed by atoms with E-state index in [9.17, 15) is 5.11 Å². The van der Waals surface area contributed by atoms with E-state index in [1.54, 1.807) is 6.07 Å². The van der Waals surface area contributed by atoms with Gasteiger partial charge in [0.2, 0.25) is 0 Å². The Morgan fingerprint density at radius 3 is 2.29 bits per heavy atom. The van der Waals surface area contributed by atoms with Gasteiger partial charge in [-0.1, -0.05) is 36.4 Å². The monoisotopic (exact) mass is 280 g/mol. The first-order valence-electron chi connectivity index (χ1n) is 6.85. The molecule has 0 unspecified atom stereocenters. The SMILES string of the molecule is Oc1cccc2ccc(OCCOc3ccccc3)cc12. The molecule has 0 amide bonds. The summed E-state index contributed by atoms with van der Waals surface area (Å²) in [6.07, 6.45) is 0. The largest absolute Gasteiger partial charge is 0.507 e. The maximum absolute atomic E-state index is 9.84. The van der Waals surface area contributed by atoms with Crippen LogP contribution in [0.4, 0.5) is 0 Å². The molecule has 0 atom stereocenters. The number of phenols is 1. The number of phenolic OH excluding ortho intramolecular Hbond substituents is 1. The van der Waals surface area contributed by atoms with Crippen LogP contribution in [0.5, 0.6) is 17.2 Å². The number of rotatable bonds is 5. The zero-order valence-electron chi connectivity index (χ0n) is 11.5. The Bertz CT molecular complexity index is 723. The van der Waals surface area contributed by atoms with Crippen LogP contribution in [0, 0.1) is 0 Å². The molecule has 3 heteroatoms. The number of fused-ring (bicyclic) bond motifs is 1. The lowest BCUT2D eigenvalue weighted by atomic mass is 10.1. The molecule has 3 rings (SSSR count). The Morgan fingerprint density at radius 1 is 0.714 bits per heavy atom. The average Bonchev–Trinajstić information content (AvgIpc) is 2.53. The Kier molecular flexibility index (Phi) is 3.92. The van der Waals surface area contributed by atoms with Gasteiger partial charge in [-0.3, -0.25) is 0 Å². The molecule has 0 aliphatic rings. The second-order valence-corrected chi connectivity index (χ2v) is 4.67. The summed E-state index contributed by atoms with van der Waals surface area (Å²) in [6.45, 7) is 0.927. The summed E-state index contributed by atoms with van der Waals surface area (Å²) in [5.74, 6) is 1.82. The topological polar surface area (TPSA) is 38.7 Å². The van der Waals surface area contributed by atoms with Crippen LogP contribution in [0.25, 0.3) is 10.8 Å². The van der Waals surface area contributed by atoms with Gasteiger partial charge < -0.3 is 14.6 Å². The fourth-order valence-electron chi connectivity index (χ4n) is 2.16. The van der Waals surface area contributed by atoms with Gasteiger partial charge in [0.05, 0.1) is 0 Å². The molecule has 0 aliphatic carbocycles. The number of para-hydroxylation sites is 1. The number of hydrogen-bond acceptors (Lipinski definition) is 3. The minimum Gasteiger partial charge on any atom is -0.507 e. The van der Waals surface area contributed by atoms with Crippen molar-refractivity contribution in [3.8, 4) is 17.2 Å². The van der Waals surface area contributed by atoms with E-state index in [0.717, 1.165) is 22.3 Å². The van der Waals surface area contributed by atoms with Gasteiger partial charge in [-0.2, -0.15) is 0 Å². The molecule has 0 spiro atoms. The second-order valence-electron chi connectivity index (χ2n) is 4.67. The van der Waals surface area contributed by atoms with E-state index >= 15 is 0 Å². The van der Waals surface area contributed by atoms with E-state index in [-0.39, 0.29) is 5.75 Å². The summed E-state index contributed by atoms with van der Waals surface area (Å²) in [5.41, 5.74) is 0. The van der Waals surface area contributed by atoms with E-state index in [1.807, 2.05) is 60.7 Å². The molecular formula is C18H16O3. The van der Waals surface area contributed by atoms with Crippen LogP contribution >= 0.6 is 0 Å². The predicted octanol–water partition coefficient (Wildman–Crippen LogP) is 4.00. The van der Waals surface area contributed by atoms with Crippen LogP contribution in [0.15, 0.2) is 66.7 Å². The molecule has 0 aromatic heterocycles. The van der Waals surface area contributed by atoms with Gasteiger partial charge in [-0.05, 0) is 35.7 Å². The number of benzene rings is 3. The van der Waals surface area contributed by atoms with Crippen molar-refractivity contribution >= 4 is 10.8 Å². The number of ether oxygens (including phenoxy) is 2. The summed E-state index contributed by atoms with van der Waals surface area (Å²) in [4.78, 5) is 0. The molecule has 0 saturated carbocycles. The van der Waals surface area contributed by atoms with Crippen molar-refractivity contribution in [2.24, 2.45) is 0 Å². The standard InChI is InChI=1S/C18H16O3/c19-18-8-4-5-14-9-10-16(13-17(14)18)21-12-11-20-15-6-2-1-3-7-15/h1-10,13,19H,11-12H2. The zero-order chi connectivity index (χ0) is 14.5. The summed E-state index contributed by atoms with van der Waals surface area (Å²) in [7, 11) is 0. The molecule has 106 valence electrons. The zero-order valence-corrected chi connectivity index (χ0v) is 11.5. The molecule has 21 heavy (non-hydrogen) atoms. The average molecular weight is 280 g/mol. The minimum absolute atomic E-state index is 0.262. The maximum Gasteiger partial charge on any atom is 0.123 e. The van der Waals surface area contributed by atoms with Gasteiger partial charge in [0.25, 0.3) is 0 Å². The van der Waals surface area contributed by atoms with Crippen molar-refractivity contribution in [1.29, 1.82) is 0 Å². The fraction of sp³-hybridized carbons (Fsp3) is 0.111. The smallest absolute Gasteiger partial charge is 0.123 e. The van der Waals surface area contributed by atoms with Crippen molar-refractivity contribution in [2.45, 2.75) is 0 Å². The Labute approximate surface area is 123 Å². The quantitative estimate of drug-likeness (QED) is 0.718. The molecule has 0 saturated heterocycles. The van der Waals surface area contributed by atoms with Crippen LogP contribution in [0.2, 0.25) is 0 Å². The molecule has 0 heterocycles. The lowest BCUT2D eigenvalue weighted by Crippen LogP contribution is -2.08. The molecule has 3 nitrogen and oxygen atoms in total. The van der Waals surface area contributed by atoms with E-state index in [2.05, 4.69) is 0 Å². The van der Waals surface area contributed by atoms with Gasteiger partial charge in [-0.25, -0.2) is 0 Å². The van der Waals surface area contributed by atoms with Crippen LogP contribution in [-0.2, 0) is 0 Å². The van der Waals surface area contributed by atoms with Gasteiger partial charge >= 0.3 is 0 Å². The third-order valence-electron chi connectivity index (χ3n) is 3.19. The lowest BCUT2D eigenvalue weighted by Gasteiger charge is -2.09. The van der Waals surface area contributed by atoms with Crippen molar-refractivity contribution < 1.29 is 14.6 Å². The van der Waals surface area contributed by atoms with E-state index in [1.165, 1.54) is 0 Å². The second kappa shape index (κ2) is 6.18. The van der Waals surface area contributed by atoms with E-state index < -0.39 is 0 Å². The van der Waals surface area contributed by atoms with Crippen molar-refractivity contribution in [2.75, 3.05) is 13.2 Å². The van der Waals surface area contributed by atoms with Gasteiger partial charge in [0, 0.05) is 5.39 Å². The molecule has 0 fully saturated rings. The third-order valence-corrected chi connectivity index (χ3v) is 3.19. The highest BCUT2D eigenvalue weighted by Gasteiger charge is 2.01. The molecule has 0 bridgehead atoms. The molecule has 3 aromatic rings.